The zero-order valence-electron chi connectivity index (χ0n) is 25.5. The molecule has 3 heteroatoms. The van der Waals surface area contributed by atoms with Gasteiger partial charge < -0.3 is 4.90 Å². The second-order valence-corrected chi connectivity index (χ2v) is 12.3. The van der Waals surface area contributed by atoms with E-state index < -0.39 is 0 Å². The van der Waals surface area contributed by atoms with E-state index in [4.69, 9.17) is 5.10 Å². The first-order valence-electron chi connectivity index (χ1n) is 16.3. The van der Waals surface area contributed by atoms with Crippen LogP contribution in [0.2, 0.25) is 0 Å². The van der Waals surface area contributed by atoms with Crippen LogP contribution in [-0.4, -0.2) is 6.21 Å². The second-order valence-electron chi connectivity index (χ2n) is 12.3. The molecule has 0 amide bonds. The lowest BCUT2D eigenvalue weighted by Crippen LogP contribution is -2.22. The van der Waals surface area contributed by atoms with E-state index >= 15 is 0 Å². The highest BCUT2D eigenvalue weighted by molar-refractivity contribution is 5.82. The Kier molecular flexibility index (Phi) is 8.54. The van der Waals surface area contributed by atoms with Crippen molar-refractivity contribution in [2.75, 3.05) is 9.91 Å². The van der Waals surface area contributed by atoms with Gasteiger partial charge in [-0.3, -0.25) is 0 Å². The fourth-order valence-electron chi connectivity index (χ4n) is 6.73. The van der Waals surface area contributed by atoms with E-state index in [2.05, 4.69) is 131 Å². The first-order chi connectivity index (χ1) is 21.8. The van der Waals surface area contributed by atoms with E-state index in [0.29, 0.717) is 0 Å². The van der Waals surface area contributed by atoms with Crippen LogP contribution in [-0.2, 0) is 38.8 Å². The molecule has 220 valence electrons. The number of aryl methyl sites for hydroxylation is 4. The predicted octanol–water partition coefficient (Wildman–Crippen LogP) is 9.82. The van der Waals surface area contributed by atoms with Crippen LogP contribution in [0.25, 0.3) is 0 Å². The van der Waals surface area contributed by atoms with E-state index in [0.717, 1.165) is 42.9 Å². The molecule has 2 aliphatic rings. The smallest absolute Gasteiger partial charge is 0.0655 e. The Labute approximate surface area is 262 Å². The highest BCUT2D eigenvalue weighted by Gasteiger charge is 2.17. The lowest BCUT2D eigenvalue weighted by molar-refractivity contribution is 0.684. The van der Waals surface area contributed by atoms with Crippen LogP contribution in [0.4, 0.5) is 17.1 Å². The molecule has 7 rings (SSSR count). The average molecular weight is 576 g/mol. The van der Waals surface area contributed by atoms with Gasteiger partial charge in [-0.25, -0.2) is 5.01 Å². The van der Waals surface area contributed by atoms with Crippen LogP contribution in [0.1, 0.15) is 64.6 Å². The van der Waals surface area contributed by atoms with Crippen molar-refractivity contribution >= 4 is 23.3 Å². The number of hydrogen-bond donors (Lipinski definition) is 0. The number of benzene rings is 5. The summed E-state index contributed by atoms with van der Waals surface area (Å²) in [6.07, 6.45) is 11.9. The summed E-state index contributed by atoms with van der Waals surface area (Å²) in [4.78, 5) is 2.44. The van der Waals surface area contributed by atoms with Crippen molar-refractivity contribution in [1.82, 2.24) is 0 Å². The van der Waals surface area contributed by atoms with Crippen LogP contribution in [0.5, 0.6) is 0 Å². The van der Waals surface area contributed by atoms with E-state index in [1.807, 2.05) is 6.21 Å². The molecule has 2 aliphatic carbocycles. The Hall–Kier alpha value is -4.63. The predicted molar refractivity (Wildman–Crippen MR) is 185 cm³/mol. The molecule has 0 fully saturated rings. The van der Waals surface area contributed by atoms with E-state index in [1.165, 1.54) is 77.6 Å². The molecule has 0 saturated heterocycles. The molecular formula is C41H41N3. The lowest BCUT2D eigenvalue weighted by atomic mass is 9.90. The van der Waals surface area contributed by atoms with Gasteiger partial charge in [0.2, 0.25) is 0 Å². The standard InChI is InChI=1S/C41H41N3/c1-3-11-33(12-4-1)30-43(31-34-13-5-2-6-14-34)39-23-19-32(20-24-39)29-42-44(40-25-21-35-15-7-9-17-37(35)27-40)41-26-22-36-16-8-10-18-38(36)28-41/h1-6,11-14,19-29H,7-10,15-18,30-31H2. The molecule has 5 aromatic rings. The number of fused-ring (bicyclic) bond motifs is 2. The summed E-state index contributed by atoms with van der Waals surface area (Å²) in [5, 5.41) is 7.28. The Balaban J connectivity index is 1.17. The third kappa shape index (κ3) is 6.63. The minimum absolute atomic E-state index is 0.855. The Morgan fingerprint density at radius 3 is 1.43 bits per heavy atom. The van der Waals surface area contributed by atoms with Gasteiger partial charge in [0.15, 0.2) is 0 Å². The molecule has 0 aromatic heterocycles. The zero-order valence-corrected chi connectivity index (χ0v) is 25.5. The number of nitrogens with zero attached hydrogens (tertiary/aromatic N) is 3. The van der Waals surface area contributed by atoms with Crippen LogP contribution >= 0.6 is 0 Å². The summed E-state index contributed by atoms with van der Waals surface area (Å²) in [6, 6.07) is 44.2. The number of hydrazone groups is 1. The summed E-state index contributed by atoms with van der Waals surface area (Å²) in [5.74, 6) is 0. The van der Waals surface area contributed by atoms with Gasteiger partial charge >= 0.3 is 0 Å². The van der Waals surface area contributed by atoms with Crippen molar-refractivity contribution < 1.29 is 0 Å². The summed E-state index contributed by atoms with van der Waals surface area (Å²) < 4.78 is 0. The maximum absolute atomic E-state index is 5.14. The first-order valence-corrected chi connectivity index (χ1v) is 16.3. The van der Waals surface area contributed by atoms with Crippen molar-refractivity contribution in [2.24, 2.45) is 5.10 Å². The van der Waals surface area contributed by atoms with E-state index in [1.54, 1.807) is 0 Å². The van der Waals surface area contributed by atoms with E-state index in [9.17, 15) is 0 Å². The zero-order chi connectivity index (χ0) is 29.6. The van der Waals surface area contributed by atoms with Gasteiger partial charge in [-0.15, -0.1) is 0 Å². The molecule has 44 heavy (non-hydrogen) atoms. The topological polar surface area (TPSA) is 18.8 Å². The van der Waals surface area contributed by atoms with Crippen molar-refractivity contribution in [2.45, 2.75) is 64.5 Å². The van der Waals surface area contributed by atoms with Gasteiger partial charge in [-0.05, 0) is 127 Å². The Morgan fingerprint density at radius 2 is 0.932 bits per heavy atom. The average Bonchev–Trinajstić information content (AvgIpc) is 3.09. The Bertz CT molecular complexity index is 1610. The minimum Gasteiger partial charge on any atom is -0.363 e. The molecular weight excluding hydrogens is 534 g/mol. The number of anilines is 3. The second kappa shape index (κ2) is 13.3. The molecule has 0 N–H and O–H groups in total. The van der Waals surface area contributed by atoms with Crippen molar-refractivity contribution in [3.63, 3.8) is 0 Å². The van der Waals surface area contributed by atoms with Crippen LogP contribution in [0.3, 0.4) is 0 Å². The summed E-state index contributed by atoms with van der Waals surface area (Å²) in [7, 11) is 0. The summed E-state index contributed by atoms with van der Waals surface area (Å²) in [6.45, 7) is 1.71. The van der Waals surface area contributed by atoms with Crippen molar-refractivity contribution in [3.05, 3.63) is 160 Å². The molecule has 0 bridgehead atoms. The van der Waals surface area contributed by atoms with Gasteiger partial charge in [0.25, 0.3) is 0 Å². The molecule has 0 radical (unpaired) electrons. The maximum Gasteiger partial charge on any atom is 0.0655 e. The van der Waals surface area contributed by atoms with Crippen molar-refractivity contribution in [1.29, 1.82) is 0 Å². The maximum atomic E-state index is 5.14. The molecule has 0 atom stereocenters. The first kappa shape index (κ1) is 28.2. The van der Waals surface area contributed by atoms with E-state index in [-0.39, 0.29) is 0 Å². The minimum atomic E-state index is 0.855. The molecule has 0 saturated carbocycles. The van der Waals surface area contributed by atoms with Crippen LogP contribution < -0.4 is 9.91 Å². The number of rotatable bonds is 9. The highest BCUT2D eigenvalue weighted by atomic mass is 15.5. The monoisotopic (exact) mass is 575 g/mol. The molecule has 5 aromatic carbocycles. The molecule has 0 spiro atoms. The van der Waals surface area contributed by atoms with Crippen LogP contribution in [0.15, 0.2) is 126 Å². The fourth-order valence-corrected chi connectivity index (χ4v) is 6.73. The Morgan fingerprint density at radius 1 is 0.477 bits per heavy atom. The molecule has 0 heterocycles. The van der Waals surface area contributed by atoms with Gasteiger partial charge in [0.05, 0.1) is 17.6 Å². The fraction of sp³-hybridized carbons (Fsp3) is 0.244. The van der Waals surface area contributed by atoms with Gasteiger partial charge in [0.1, 0.15) is 0 Å². The third-order valence-corrected chi connectivity index (χ3v) is 9.17. The molecule has 0 unspecified atom stereocenters. The SMILES string of the molecule is C(=NN(c1ccc2c(c1)CCCC2)c1ccc2c(c1)CCCC2)c1ccc(N(Cc2ccccc2)Cc2ccccc2)cc1. The molecule has 0 aliphatic heterocycles. The number of hydrogen-bond acceptors (Lipinski definition) is 3. The lowest BCUT2D eigenvalue weighted by Gasteiger charge is -2.26. The van der Waals surface area contributed by atoms with Crippen LogP contribution in [0, 0.1) is 0 Å². The quantitative estimate of drug-likeness (QED) is 0.129. The summed E-state index contributed by atoms with van der Waals surface area (Å²) >= 11 is 0. The third-order valence-electron chi connectivity index (χ3n) is 9.17. The largest absolute Gasteiger partial charge is 0.363 e. The van der Waals surface area contributed by atoms with Gasteiger partial charge in [0, 0.05) is 18.8 Å². The molecule has 3 nitrogen and oxygen atoms in total. The summed E-state index contributed by atoms with van der Waals surface area (Å²) in [5.41, 5.74) is 13.2. The van der Waals surface area contributed by atoms with Crippen molar-refractivity contribution in [3.8, 4) is 0 Å². The van der Waals surface area contributed by atoms with Gasteiger partial charge in [-0.2, -0.15) is 5.10 Å². The highest BCUT2D eigenvalue weighted by Crippen LogP contribution is 2.33. The van der Waals surface area contributed by atoms with Gasteiger partial charge in [-0.1, -0.05) is 84.9 Å². The normalized spacial score (nSPS) is 14.2.